The van der Waals surface area contributed by atoms with Gasteiger partial charge in [-0.25, -0.2) is 0 Å². The van der Waals surface area contributed by atoms with Crippen molar-refractivity contribution in [3.8, 4) is 0 Å². The van der Waals surface area contributed by atoms with Crippen molar-refractivity contribution in [2.75, 3.05) is 13.2 Å². The second kappa shape index (κ2) is 51.0. The summed E-state index contributed by atoms with van der Waals surface area (Å²) in [7, 11) is 0. The van der Waals surface area contributed by atoms with E-state index in [1.54, 1.807) is 0 Å². The SMILES string of the molecule is CCC/C=C\C/C=C\CCCCCCCC(=O)OC(COC(=O)CCCCCCCCCCC/C=C\C/C=C\CCCCC)COC(=O)CCCCCCCCCCCCCC. The quantitative estimate of drug-likeness (QED) is 0.0262. The van der Waals surface area contributed by atoms with Crippen molar-refractivity contribution in [3.05, 3.63) is 48.6 Å². The average molecular weight is 869 g/mol. The standard InChI is InChI=1S/C56H100O6/c1-4-7-10-13-16-19-22-25-26-27-28-29-30-32-34-37-40-43-46-49-55(58)61-52-53(51-60-54(57)48-45-42-39-36-33-24-21-18-15-12-9-6-3)62-56(59)50-47-44-41-38-35-31-23-20-17-14-11-8-5-2/h11,14,16,19-20,23,25-26,53H,4-10,12-13,15,17-18,21-22,24,27-52H2,1-3H3/b14-11-,19-16-,23-20-,26-25-. The summed E-state index contributed by atoms with van der Waals surface area (Å²) in [5.41, 5.74) is 0. The predicted molar refractivity (Wildman–Crippen MR) is 265 cm³/mol. The summed E-state index contributed by atoms with van der Waals surface area (Å²) in [6, 6.07) is 0. The average Bonchev–Trinajstić information content (AvgIpc) is 3.27. The highest BCUT2D eigenvalue weighted by molar-refractivity contribution is 5.71. The highest BCUT2D eigenvalue weighted by atomic mass is 16.6. The Balaban J connectivity index is 4.33. The van der Waals surface area contributed by atoms with Gasteiger partial charge in [-0.2, -0.15) is 0 Å². The Hall–Kier alpha value is -2.63. The Morgan fingerprint density at radius 1 is 0.323 bits per heavy atom. The van der Waals surface area contributed by atoms with Gasteiger partial charge >= 0.3 is 17.9 Å². The second-order valence-corrected chi connectivity index (χ2v) is 17.8. The molecule has 0 bridgehead atoms. The first kappa shape index (κ1) is 59.4. The fourth-order valence-corrected chi connectivity index (χ4v) is 7.51. The van der Waals surface area contributed by atoms with Crippen molar-refractivity contribution >= 4 is 17.9 Å². The zero-order valence-corrected chi connectivity index (χ0v) is 41.1. The van der Waals surface area contributed by atoms with E-state index >= 15 is 0 Å². The van der Waals surface area contributed by atoms with Crippen LogP contribution in [0.3, 0.4) is 0 Å². The first-order valence-electron chi connectivity index (χ1n) is 26.6. The van der Waals surface area contributed by atoms with E-state index in [2.05, 4.69) is 69.4 Å². The Bertz CT molecular complexity index is 1090. The van der Waals surface area contributed by atoms with Crippen LogP contribution in [0.1, 0.15) is 271 Å². The van der Waals surface area contributed by atoms with Gasteiger partial charge in [0.2, 0.25) is 0 Å². The Labute approximate surface area is 384 Å². The van der Waals surface area contributed by atoms with Gasteiger partial charge in [-0.3, -0.25) is 14.4 Å². The number of carbonyl (C=O) groups excluding carboxylic acids is 3. The van der Waals surface area contributed by atoms with E-state index in [9.17, 15) is 14.4 Å². The molecule has 0 aromatic heterocycles. The number of hydrogen-bond donors (Lipinski definition) is 0. The minimum atomic E-state index is -0.778. The lowest BCUT2D eigenvalue weighted by molar-refractivity contribution is -0.167. The lowest BCUT2D eigenvalue weighted by Crippen LogP contribution is -2.30. The molecule has 0 amide bonds. The van der Waals surface area contributed by atoms with Crippen molar-refractivity contribution in [2.24, 2.45) is 0 Å². The van der Waals surface area contributed by atoms with E-state index in [4.69, 9.17) is 14.2 Å². The number of allylic oxidation sites excluding steroid dienone is 8. The molecular formula is C56H100O6. The molecule has 0 saturated carbocycles. The van der Waals surface area contributed by atoms with Gasteiger partial charge in [0.15, 0.2) is 6.10 Å². The van der Waals surface area contributed by atoms with Crippen molar-refractivity contribution < 1.29 is 28.6 Å². The van der Waals surface area contributed by atoms with Crippen molar-refractivity contribution in [1.29, 1.82) is 0 Å². The topological polar surface area (TPSA) is 78.9 Å². The zero-order valence-electron chi connectivity index (χ0n) is 41.1. The summed E-state index contributed by atoms with van der Waals surface area (Å²) >= 11 is 0. The van der Waals surface area contributed by atoms with E-state index in [-0.39, 0.29) is 31.1 Å². The number of unbranched alkanes of at least 4 members (excludes halogenated alkanes) is 29. The fourth-order valence-electron chi connectivity index (χ4n) is 7.51. The molecule has 62 heavy (non-hydrogen) atoms. The highest BCUT2D eigenvalue weighted by Gasteiger charge is 2.19. The minimum Gasteiger partial charge on any atom is -0.462 e. The molecule has 0 aliphatic rings. The van der Waals surface area contributed by atoms with Gasteiger partial charge in [0.25, 0.3) is 0 Å². The van der Waals surface area contributed by atoms with Crippen LogP contribution in [0.15, 0.2) is 48.6 Å². The number of ether oxygens (including phenoxy) is 3. The number of rotatable bonds is 48. The fraction of sp³-hybridized carbons (Fsp3) is 0.804. The molecule has 0 radical (unpaired) electrons. The molecule has 0 saturated heterocycles. The van der Waals surface area contributed by atoms with Gasteiger partial charge < -0.3 is 14.2 Å². The molecule has 0 fully saturated rings. The summed E-state index contributed by atoms with van der Waals surface area (Å²) in [6.07, 6.45) is 60.9. The summed E-state index contributed by atoms with van der Waals surface area (Å²) in [6.45, 7) is 6.55. The third kappa shape index (κ3) is 48.4. The molecule has 6 heteroatoms. The first-order valence-corrected chi connectivity index (χ1v) is 26.6. The van der Waals surface area contributed by atoms with Crippen LogP contribution in [0.5, 0.6) is 0 Å². The van der Waals surface area contributed by atoms with Crippen LogP contribution in [-0.2, 0) is 28.6 Å². The van der Waals surface area contributed by atoms with E-state index in [1.165, 1.54) is 135 Å². The molecule has 6 nitrogen and oxygen atoms in total. The van der Waals surface area contributed by atoms with Gasteiger partial charge in [0.05, 0.1) is 0 Å². The van der Waals surface area contributed by atoms with Crippen molar-refractivity contribution in [2.45, 2.75) is 277 Å². The molecule has 1 atom stereocenters. The number of hydrogen-bond acceptors (Lipinski definition) is 6. The lowest BCUT2D eigenvalue weighted by atomic mass is 10.0. The molecule has 0 rings (SSSR count). The molecule has 0 spiro atoms. The highest BCUT2D eigenvalue weighted by Crippen LogP contribution is 2.15. The summed E-state index contributed by atoms with van der Waals surface area (Å²) in [5, 5.41) is 0. The van der Waals surface area contributed by atoms with E-state index < -0.39 is 6.10 Å². The predicted octanol–water partition coefficient (Wildman–Crippen LogP) is 17.5. The van der Waals surface area contributed by atoms with Gasteiger partial charge in [0, 0.05) is 19.3 Å². The van der Waals surface area contributed by atoms with Crippen molar-refractivity contribution in [1.82, 2.24) is 0 Å². The van der Waals surface area contributed by atoms with Crippen LogP contribution in [0.4, 0.5) is 0 Å². The second-order valence-electron chi connectivity index (χ2n) is 17.8. The summed E-state index contributed by atoms with van der Waals surface area (Å²) < 4.78 is 16.8. The smallest absolute Gasteiger partial charge is 0.306 e. The molecule has 1 unspecified atom stereocenters. The Morgan fingerprint density at radius 2 is 0.613 bits per heavy atom. The van der Waals surface area contributed by atoms with Crippen LogP contribution >= 0.6 is 0 Å². The molecule has 0 aromatic rings. The van der Waals surface area contributed by atoms with Gasteiger partial charge in [-0.1, -0.05) is 223 Å². The zero-order chi connectivity index (χ0) is 45.1. The number of carbonyl (C=O) groups is 3. The third-order valence-corrected chi connectivity index (χ3v) is 11.5. The molecule has 0 N–H and O–H groups in total. The molecular weight excluding hydrogens is 769 g/mol. The van der Waals surface area contributed by atoms with Crippen LogP contribution in [0, 0.1) is 0 Å². The van der Waals surface area contributed by atoms with Crippen LogP contribution in [-0.4, -0.2) is 37.2 Å². The van der Waals surface area contributed by atoms with Crippen LogP contribution in [0.25, 0.3) is 0 Å². The maximum atomic E-state index is 12.8. The normalized spacial score (nSPS) is 12.4. The summed E-state index contributed by atoms with van der Waals surface area (Å²) in [5.74, 6) is -0.888. The molecule has 0 aliphatic heterocycles. The van der Waals surface area contributed by atoms with Crippen LogP contribution < -0.4 is 0 Å². The maximum absolute atomic E-state index is 12.8. The maximum Gasteiger partial charge on any atom is 0.306 e. The number of esters is 3. The third-order valence-electron chi connectivity index (χ3n) is 11.5. The van der Waals surface area contributed by atoms with E-state index in [1.807, 2.05) is 0 Å². The van der Waals surface area contributed by atoms with E-state index in [0.717, 1.165) is 96.3 Å². The minimum absolute atomic E-state index is 0.0778. The van der Waals surface area contributed by atoms with Gasteiger partial charge in [-0.15, -0.1) is 0 Å². The Kier molecular flexibility index (Phi) is 48.8. The largest absolute Gasteiger partial charge is 0.462 e. The van der Waals surface area contributed by atoms with Crippen LogP contribution in [0.2, 0.25) is 0 Å². The lowest BCUT2D eigenvalue weighted by Gasteiger charge is -2.18. The van der Waals surface area contributed by atoms with E-state index in [0.29, 0.717) is 19.3 Å². The van der Waals surface area contributed by atoms with Gasteiger partial charge in [-0.05, 0) is 77.0 Å². The monoisotopic (exact) mass is 869 g/mol. The Morgan fingerprint density at radius 3 is 0.984 bits per heavy atom. The molecule has 360 valence electrons. The molecule has 0 aliphatic carbocycles. The molecule has 0 aromatic carbocycles. The first-order chi connectivity index (χ1) is 30.5. The molecule has 0 heterocycles. The van der Waals surface area contributed by atoms with Crippen molar-refractivity contribution in [3.63, 3.8) is 0 Å². The van der Waals surface area contributed by atoms with Gasteiger partial charge in [0.1, 0.15) is 13.2 Å². The summed E-state index contributed by atoms with van der Waals surface area (Å²) in [4.78, 5) is 38.0.